The number of rotatable bonds is 5. The first kappa shape index (κ1) is 28.3. The Hall–Kier alpha value is -6.71. The molecule has 0 unspecified atom stereocenters. The number of pyridine rings is 1. The lowest BCUT2D eigenvalue weighted by Crippen LogP contribution is -1.97. The van der Waals surface area contributed by atoms with Gasteiger partial charge in [0.25, 0.3) is 0 Å². The summed E-state index contributed by atoms with van der Waals surface area (Å²) in [6.45, 7) is 0. The van der Waals surface area contributed by atoms with E-state index in [-0.39, 0.29) is 0 Å². The minimum Gasteiger partial charge on any atom is -0.309 e. The predicted molar refractivity (Wildman–Crippen MR) is 209 cm³/mol. The lowest BCUT2D eigenvalue weighted by atomic mass is 10.00. The molecule has 0 N–H and O–H groups in total. The fourth-order valence-corrected chi connectivity index (χ4v) is 7.70. The standard InChI is InChI=1S/C47H31N3/c1-3-13-32(14-4-1)34-17-9-19-37(29-34)49-44-25-8-7-21-40(44)42-23-11-22-39(46(42)49)36-26-27-41-43-24-12-28-48-47(43)50(45(41)31-36)38-20-10-18-35(30-38)33-15-5-2-6-16-33/h1-31H. The molecule has 0 saturated heterocycles. The molecule has 0 bridgehead atoms. The van der Waals surface area contributed by atoms with Gasteiger partial charge in [0.2, 0.25) is 0 Å². The van der Waals surface area contributed by atoms with Crippen LogP contribution in [0.15, 0.2) is 188 Å². The van der Waals surface area contributed by atoms with Crippen molar-refractivity contribution in [2.24, 2.45) is 0 Å². The largest absolute Gasteiger partial charge is 0.309 e. The van der Waals surface area contributed by atoms with Crippen LogP contribution in [0.5, 0.6) is 0 Å². The minimum atomic E-state index is 0.954. The van der Waals surface area contributed by atoms with Gasteiger partial charge in [0.05, 0.1) is 16.6 Å². The van der Waals surface area contributed by atoms with Crippen molar-refractivity contribution >= 4 is 43.7 Å². The summed E-state index contributed by atoms with van der Waals surface area (Å²) in [7, 11) is 0. The summed E-state index contributed by atoms with van der Waals surface area (Å²) in [6.07, 6.45) is 1.89. The van der Waals surface area contributed by atoms with E-state index in [4.69, 9.17) is 4.98 Å². The van der Waals surface area contributed by atoms with Crippen LogP contribution < -0.4 is 0 Å². The first-order valence-electron chi connectivity index (χ1n) is 17.1. The molecule has 0 aliphatic heterocycles. The molecule has 0 radical (unpaired) electrons. The molecule has 0 atom stereocenters. The first-order chi connectivity index (χ1) is 24.8. The van der Waals surface area contributed by atoms with Crippen LogP contribution in [-0.4, -0.2) is 14.1 Å². The molecule has 0 fully saturated rings. The zero-order valence-corrected chi connectivity index (χ0v) is 27.2. The van der Waals surface area contributed by atoms with Gasteiger partial charge in [-0.2, -0.15) is 0 Å². The van der Waals surface area contributed by atoms with E-state index in [0.717, 1.165) is 33.5 Å². The second-order valence-electron chi connectivity index (χ2n) is 12.8. The van der Waals surface area contributed by atoms with Crippen molar-refractivity contribution in [2.45, 2.75) is 0 Å². The van der Waals surface area contributed by atoms with Gasteiger partial charge in [-0.05, 0) is 76.3 Å². The van der Waals surface area contributed by atoms with Gasteiger partial charge in [0.1, 0.15) is 5.65 Å². The van der Waals surface area contributed by atoms with E-state index in [1.165, 1.54) is 55.0 Å². The van der Waals surface area contributed by atoms with Crippen LogP contribution in [-0.2, 0) is 0 Å². The summed E-state index contributed by atoms with van der Waals surface area (Å²) in [5, 5.41) is 4.81. The van der Waals surface area contributed by atoms with Crippen LogP contribution in [0.25, 0.3) is 88.5 Å². The Morgan fingerprint density at radius 2 is 0.920 bits per heavy atom. The number of hydrogen-bond acceptors (Lipinski definition) is 1. The van der Waals surface area contributed by atoms with Crippen LogP contribution in [0.2, 0.25) is 0 Å². The Kier molecular flexibility index (Phi) is 6.49. The van der Waals surface area contributed by atoms with E-state index < -0.39 is 0 Å². The second-order valence-corrected chi connectivity index (χ2v) is 12.8. The summed E-state index contributed by atoms with van der Waals surface area (Å²) in [6, 6.07) is 65.4. The molecular formula is C47H31N3. The van der Waals surface area contributed by atoms with Gasteiger partial charge in [-0.3, -0.25) is 4.57 Å². The number of hydrogen-bond donors (Lipinski definition) is 0. The van der Waals surface area contributed by atoms with Gasteiger partial charge in [0.15, 0.2) is 0 Å². The molecule has 3 aromatic heterocycles. The smallest absolute Gasteiger partial charge is 0.145 e. The van der Waals surface area contributed by atoms with Crippen LogP contribution in [0.4, 0.5) is 0 Å². The van der Waals surface area contributed by atoms with Crippen molar-refractivity contribution in [1.82, 2.24) is 14.1 Å². The molecule has 0 amide bonds. The first-order valence-corrected chi connectivity index (χ1v) is 17.1. The topological polar surface area (TPSA) is 22.8 Å². The maximum atomic E-state index is 4.92. The average molecular weight is 638 g/mol. The van der Waals surface area contributed by atoms with Crippen LogP contribution >= 0.6 is 0 Å². The highest BCUT2D eigenvalue weighted by Crippen LogP contribution is 2.41. The third kappa shape index (κ3) is 4.48. The zero-order chi connectivity index (χ0) is 33.0. The Balaban J connectivity index is 1.23. The normalized spacial score (nSPS) is 11.6. The van der Waals surface area contributed by atoms with Crippen molar-refractivity contribution in [2.75, 3.05) is 0 Å². The van der Waals surface area contributed by atoms with E-state index in [1.807, 2.05) is 12.3 Å². The molecule has 3 heteroatoms. The maximum Gasteiger partial charge on any atom is 0.145 e. The van der Waals surface area contributed by atoms with Crippen molar-refractivity contribution in [3.63, 3.8) is 0 Å². The molecule has 0 spiro atoms. The highest BCUT2D eigenvalue weighted by atomic mass is 15.0. The third-order valence-electron chi connectivity index (χ3n) is 9.96. The van der Waals surface area contributed by atoms with Crippen LogP contribution in [0, 0.1) is 0 Å². The monoisotopic (exact) mass is 637 g/mol. The van der Waals surface area contributed by atoms with E-state index in [9.17, 15) is 0 Å². The van der Waals surface area contributed by atoms with Crippen LogP contribution in [0.1, 0.15) is 0 Å². The molecule has 0 aliphatic rings. The molecule has 10 rings (SSSR count). The Morgan fingerprint density at radius 1 is 0.340 bits per heavy atom. The van der Waals surface area contributed by atoms with Gasteiger partial charge < -0.3 is 4.57 Å². The van der Waals surface area contributed by atoms with Crippen molar-refractivity contribution in [3.8, 4) is 44.8 Å². The Bertz CT molecular complexity index is 2860. The number of nitrogens with zero attached hydrogens (tertiary/aromatic N) is 3. The fourth-order valence-electron chi connectivity index (χ4n) is 7.70. The van der Waals surface area contributed by atoms with E-state index in [0.29, 0.717) is 0 Å². The second kappa shape index (κ2) is 11.5. The van der Waals surface area contributed by atoms with Crippen molar-refractivity contribution in [3.05, 3.63) is 188 Å². The molecule has 3 nitrogen and oxygen atoms in total. The van der Waals surface area contributed by atoms with Gasteiger partial charge in [-0.25, -0.2) is 4.98 Å². The van der Waals surface area contributed by atoms with Crippen LogP contribution in [0.3, 0.4) is 0 Å². The summed E-state index contributed by atoms with van der Waals surface area (Å²) < 4.78 is 4.76. The summed E-state index contributed by atoms with van der Waals surface area (Å²) in [4.78, 5) is 4.92. The Labute approximate surface area is 290 Å². The number of benzene rings is 7. The van der Waals surface area contributed by atoms with E-state index >= 15 is 0 Å². The van der Waals surface area contributed by atoms with E-state index in [2.05, 4.69) is 185 Å². The van der Waals surface area contributed by atoms with Crippen molar-refractivity contribution < 1.29 is 0 Å². The number of fused-ring (bicyclic) bond motifs is 6. The average Bonchev–Trinajstić information content (AvgIpc) is 3.71. The molecule has 0 saturated carbocycles. The summed E-state index contributed by atoms with van der Waals surface area (Å²) in [5.74, 6) is 0. The molecule has 50 heavy (non-hydrogen) atoms. The van der Waals surface area contributed by atoms with Crippen molar-refractivity contribution in [1.29, 1.82) is 0 Å². The minimum absolute atomic E-state index is 0.954. The van der Waals surface area contributed by atoms with Gasteiger partial charge in [0, 0.05) is 44.7 Å². The van der Waals surface area contributed by atoms with Gasteiger partial charge in [-0.15, -0.1) is 0 Å². The number of para-hydroxylation sites is 2. The Morgan fingerprint density at radius 3 is 1.66 bits per heavy atom. The third-order valence-corrected chi connectivity index (χ3v) is 9.96. The molecule has 234 valence electrons. The van der Waals surface area contributed by atoms with Gasteiger partial charge >= 0.3 is 0 Å². The molecule has 3 heterocycles. The molecular weight excluding hydrogens is 607 g/mol. The quantitative estimate of drug-likeness (QED) is 0.184. The SMILES string of the molecule is c1ccc(-c2cccc(-n3c4cc(-c5cccc6c7ccccc7n(-c7cccc(-c8ccccc8)c7)c56)ccc4c4cccnc43)c2)cc1. The summed E-state index contributed by atoms with van der Waals surface area (Å²) >= 11 is 0. The maximum absolute atomic E-state index is 4.92. The van der Waals surface area contributed by atoms with Gasteiger partial charge in [-0.1, -0.05) is 133 Å². The fraction of sp³-hybridized carbons (Fsp3) is 0. The highest BCUT2D eigenvalue weighted by molar-refractivity contribution is 6.15. The molecule has 0 aliphatic carbocycles. The highest BCUT2D eigenvalue weighted by Gasteiger charge is 2.19. The molecule has 10 aromatic rings. The van der Waals surface area contributed by atoms with E-state index in [1.54, 1.807) is 0 Å². The summed E-state index contributed by atoms with van der Waals surface area (Å²) in [5.41, 5.74) is 13.8. The zero-order valence-electron chi connectivity index (χ0n) is 27.2. The lowest BCUT2D eigenvalue weighted by Gasteiger charge is -2.14. The predicted octanol–water partition coefficient (Wildman–Crippen LogP) is 12.3. The number of aromatic nitrogens is 3. The lowest BCUT2D eigenvalue weighted by molar-refractivity contribution is 1.14. The molecule has 7 aromatic carbocycles.